The molecular weight excluding hydrogens is 239 g/mol. The molecule has 0 unspecified atom stereocenters. The van der Waals surface area contributed by atoms with Gasteiger partial charge in [-0.2, -0.15) is 0 Å². The molecule has 0 saturated carbocycles. The molecule has 0 aromatic rings. The van der Waals surface area contributed by atoms with E-state index >= 15 is 0 Å². The molecule has 1 heterocycles. The third-order valence-electron chi connectivity index (χ3n) is 3.66. The summed E-state index contributed by atoms with van der Waals surface area (Å²) in [6.45, 7) is 9.02. The van der Waals surface area contributed by atoms with E-state index in [2.05, 4.69) is 33.4 Å². The van der Waals surface area contributed by atoms with Crippen LogP contribution in [0.1, 0.15) is 40.5 Å². The summed E-state index contributed by atoms with van der Waals surface area (Å²) in [7, 11) is 0. The van der Waals surface area contributed by atoms with E-state index in [0.717, 1.165) is 12.8 Å². The zero-order valence-corrected chi connectivity index (χ0v) is 11.7. The van der Waals surface area contributed by atoms with Crippen molar-refractivity contribution in [3.63, 3.8) is 0 Å². The van der Waals surface area contributed by atoms with Crippen molar-refractivity contribution >= 4 is 20.6 Å². The molecule has 1 N–H and O–H groups in total. The zero-order valence-electron chi connectivity index (χ0n) is 9.79. The van der Waals surface area contributed by atoms with E-state index < -0.39 is 20.6 Å². The van der Waals surface area contributed by atoms with Crippen molar-refractivity contribution in [3.8, 4) is 0 Å². The fourth-order valence-corrected chi connectivity index (χ4v) is 8.06. The van der Waals surface area contributed by atoms with Crippen LogP contribution >= 0.6 is 0 Å². The van der Waals surface area contributed by atoms with Crippen LogP contribution in [0.3, 0.4) is 0 Å². The van der Waals surface area contributed by atoms with Crippen molar-refractivity contribution in [2.45, 2.75) is 54.7 Å². The Balaban J connectivity index is 2.91. The van der Waals surface area contributed by atoms with Gasteiger partial charge in [0.05, 0.1) is 0 Å². The summed E-state index contributed by atoms with van der Waals surface area (Å²) >= 11 is -0.927. The van der Waals surface area contributed by atoms with E-state index in [0.29, 0.717) is 0 Å². The van der Waals surface area contributed by atoms with Crippen LogP contribution in [0.25, 0.3) is 0 Å². The van der Waals surface area contributed by atoms with Crippen molar-refractivity contribution in [3.05, 3.63) is 0 Å². The molecule has 0 aromatic carbocycles. The first-order valence-electron chi connectivity index (χ1n) is 5.13. The second-order valence-electron chi connectivity index (χ2n) is 5.63. The molecule has 0 aromatic heterocycles. The van der Waals surface area contributed by atoms with Crippen LogP contribution in [0.4, 0.5) is 0 Å². The van der Waals surface area contributed by atoms with Gasteiger partial charge in [0.25, 0.3) is 0 Å². The SMILES string of the molecule is C[As]1C(C)(C)CC(C(=O)O)CC1(C)C. The van der Waals surface area contributed by atoms with Crippen molar-refractivity contribution in [1.29, 1.82) is 0 Å². The zero-order chi connectivity index (χ0) is 11.1. The van der Waals surface area contributed by atoms with Gasteiger partial charge in [-0.15, -0.1) is 0 Å². The average molecular weight is 260 g/mol. The van der Waals surface area contributed by atoms with E-state index in [1.54, 1.807) is 0 Å². The molecule has 0 aliphatic carbocycles. The number of hydrogen-bond acceptors (Lipinski definition) is 1. The first kappa shape index (κ1) is 12.1. The van der Waals surface area contributed by atoms with E-state index in [1.165, 1.54) is 0 Å². The monoisotopic (exact) mass is 260 g/mol. The molecule has 1 aliphatic heterocycles. The summed E-state index contributed by atoms with van der Waals surface area (Å²) in [5, 5.41) is 9.11. The van der Waals surface area contributed by atoms with Crippen LogP contribution in [0, 0.1) is 5.92 Å². The topological polar surface area (TPSA) is 37.3 Å². The summed E-state index contributed by atoms with van der Waals surface area (Å²) in [6.07, 6.45) is 1.75. The predicted octanol–water partition coefficient (Wildman–Crippen LogP) is 3.17. The van der Waals surface area contributed by atoms with Gasteiger partial charge in [0.2, 0.25) is 0 Å². The Morgan fingerprint density at radius 3 is 1.86 bits per heavy atom. The Kier molecular flexibility index (Phi) is 3.07. The Morgan fingerprint density at radius 2 is 1.57 bits per heavy atom. The fourth-order valence-electron chi connectivity index (χ4n) is 2.55. The Labute approximate surface area is 91.3 Å². The Bertz CT molecular complexity index is 228. The third kappa shape index (κ3) is 2.16. The predicted molar refractivity (Wildman–Crippen MR) is 60.1 cm³/mol. The molecule has 1 saturated heterocycles. The van der Waals surface area contributed by atoms with Gasteiger partial charge in [0.15, 0.2) is 0 Å². The van der Waals surface area contributed by atoms with Crippen LogP contribution in [0.5, 0.6) is 0 Å². The van der Waals surface area contributed by atoms with Crippen molar-refractivity contribution in [2.24, 2.45) is 5.92 Å². The van der Waals surface area contributed by atoms with Gasteiger partial charge in [-0.05, 0) is 0 Å². The average Bonchev–Trinajstić information content (AvgIpc) is 1.98. The van der Waals surface area contributed by atoms with Gasteiger partial charge in [0.1, 0.15) is 0 Å². The molecule has 0 amide bonds. The molecule has 0 atom stereocenters. The van der Waals surface area contributed by atoms with Gasteiger partial charge >= 0.3 is 91.1 Å². The number of hydrogen-bond donors (Lipinski definition) is 1. The van der Waals surface area contributed by atoms with E-state index in [-0.39, 0.29) is 14.3 Å². The van der Waals surface area contributed by atoms with E-state index in [9.17, 15) is 4.79 Å². The van der Waals surface area contributed by atoms with Crippen molar-refractivity contribution in [2.75, 3.05) is 0 Å². The van der Waals surface area contributed by atoms with Crippen LogP contribution in [-0.4, -0.2) is 25.7 Å². The second-order valence-corrected chi connectivity index (χ2v) is 13.1. The van der Waals surface area contributed by atoms with Crippen LogP contribution in [0.15, 0.2) is 0 Å². The molecule has 0 radical (unpaired) electrons. The molecule has 1 rings (SSSR count). The molecule has 0 bridgehead atoms. The molecule has 1 fully saturated rings. The normalized spacial score (nSPS) is 35.2. The summed E-state index contributed by atoms with van der Waals surface area (Å²) in [4.78, 5) is 11.1. The molecular formula is C11H21AsO2. The van der Waals surface area contributed by atoms with Gasteiger partial charge in [-0.25, -0.2) is 0 Å². The first-order valence-corrected chi connectivity index (χ1v) is 8.89. The molecule has 82 valence electrons. The van der Waals surface area contributed by atoms with Gasteiger partial charge < -0.3 is 0 Å². The number of aliphatic carboxylic acids is 1. The van der Waals surface area contributed by atoms with Gasteiger partial charge in [0, 0.05) is 0 Å². The van der Waals surface area contributed by atoms with E-state index in [1.807, 2.05) is 0 Å². The van der Waals surface area contributed by atoms with Crippen molar-refractivity contribution < 1.29 is 9.90 Å². The summed E-state index contributed by atoms with van der Waals surface area (Å²) in [5.74, 6) is -0.723. The number of carboxylic acids is 1. The Morgan fingerprint density at radius 1 is 1.21 bits per heavy atom. The maximum atomic E-state index is 11.1. The van der Waals surface area contributed by atoms with Crippen molar-refractivity contribution in [1.82, 2.24) is 0 Å². The molecule has 1 aliphatic rings. The first-order chi connectivity index (χ1) is 6.17. The number of carboxylic acid groups (broad SMARTS) is 1. The quantitative estimate of drug-likeness (QED) is 0.735. The molecule has 14 heavy (non-hydrogen) atoms. The summed E-state index contributed by atoms with van der Waals surface area (Å²) in [6, 6.07) is 0. The van der Waals surface area contributed by atoms with Gasteiger partial charge in [-0.3, -0.25) is 0 Å². The minimum absolute atomic E-state index is 0.120. The minimum atomic E-state index is -0.927. The standard InChI is InChI=1S/C11H21AsO2/c1-10(2)6-8(9(13)14)7-11(3,4)12(10)5/h8H,6-7H2,1-5H3,(H,13,14). The maximum absolute atomic E-state index is 11.1. The summed E-state index contributed by atoms with van der Waals surface area (Å²) in [5.41, 5.74) is 2.39. The second kappa shape index (κ2) is 3.55. The van der Waals surface area contributed by atoms with Crippen LogP contribution < -0.4 is 0 Å². The third-order valence-corrected chi connectivity index (χ3v) is 12.0. The Hall–Kier alpha value is 0.0284. The molecule has 2 nitrogen and oxygen atoms in total. The van der Waals surface area contributed by atoms with Crippen LogP contribution in [0.2, 0.25) is 14.1 Å². The molecule has 0 spiro atoms. The fraction of sp³-hybridized carbons (Fsp3) is 0.909. The molecule has 3 heteroatoms. The number of rotatable bonds is 1. The van der Waals surface area contributed by atoms with Gasteiger partial charge in [-0.1, -0.05) is 0 Å². The number of carbonyl (C=O) groups is 1. The van der Waals surface area contributed by atoms with E-state index in [4.69, 9.17) is 5.11 Å². The summed E-state index contributed by atoms with van der Waals surface area (Å²) < 4.78 is 0.579. The van der Waals surface area contributed by atoms with Crippen LogP contribution in [-0.2, 0) is 4.79 Å².